The maximum absolute atomic E-state index is 2.18. The summed E-state index contributed by atoms with van der Waals surface area (Å²) >= 11 is 4.36. The number of hydrogen-bond acceptors (Lipinski definition) is 0. The maximum atomic E-state index is 2.18. The molecule has 4 heavy (non-hydrogen) atoms. The monoisotopic (exact) mass is 357 g/mol. The van der Waals surface area contributed by atoms with E-state index in [2.05, 4.69) is 40.7 Å². The van der Waals surface area contributed by atoms with E-state index >= 15 is 0 Å². The molecule has 0 saturated carbocycles. The first-order valence-corrected chi connectivity index (χ1v) is 6.30. The van der Waals surface area contributed by atoms with Crippen LogP contribution in [-0.2, 0) is 8.46 Å². The summed E-state index contributed by atoms with van der Waals surface area (Å²) in [7, 11) is 1.75. The van der Waals surface area contributed by atoms with Gasteiger partial charge in [0.25, 0.3) is 0 Å². The second-order valence-electron chi connectivity index (χ2n) is 0.0431. The third-order valence-corrected chi connectivity index (χ3v) is 0. The summed E-state index contributed by atoms with van der Waals surface area (Å²) in [6, 6.07) is 0. The van der Waals surface area contributed by atoms with Crippen molar-refractivity contribution in [3.8, 4) is 0 Å². The van der Waals surface area contributed by atoms with Gasteiger partial charge < -0.3 is 0 Å². The molecule has 0 atom stereocenters. The van der Waals surface area contributed by atoms with E-state index in [1.807, 2.05) is 0 Å². The molecule has 0 aliphatic heterocycles. The van der Waals surface area contributed by atoms with Gasteiger partial charge in [-0.25, -0.2) is 0 Å². The molecule has 0 bridgehead atoms. The van der Waals surface area contributed by atoms with E-state index in [4.69, 9.17) is 0 Å². The van der Waals surface area contributed by atoms with Crippen molar-refractivity contribution in [2.45, 2.75) is 0 Å². The van der Waals surface area contributed by atoms with Crippen LogP contribution in [0.1, 0.15) is 0 Å². The van der Waals surface area contributed by atoms with Gasteiger partial charge in [-0.2, -0.15) is 0 Å². The van der Waals surface area contributed by atoms with E-state index in [0.29, 0.717) is 0 Å². The molecule has 0 aliphatic rings. The first-order valence-electron chi connectivity index (χ1n) is 0.228. The van der Waals surface area contributed by atoms with Crippen LogP contribution in [0.2, 0.25) is 0 Å². The fourth-order valence-electron chi connectivity index (χ4n) is 0. The fourth-order valence-corrected chi connectivity index (χ4v) is 0. The zero-order valence-electron chi connectivity index (χ0n) is 1.41. The van der Waals surface area contributed by atoms with Crippen molar-refractivity contribution in [3.63, 3.8) is 0 Å². The van der Waals surface area contributed by atoms with Gasteiger partial charge in [-0.15, -0.1) is 0 Å². The Bertz CT molecular complexity index is 6.00. The van der Waals surface area contributed by atoms with Crippen molar-refractivity contribution in [3.05, 3.63) is 0 Å². The topological polar surface area (TPSA) is 0 Å². The van der Waals surface area contributed by atoms with Crippen molar-refractivity contribution in [2.75, 3.05) is 0 Å². The Morgan fingerprint density at radius 3 is 1.25 bits per heavy atom. The van der Waals surface area contributed by atoms with Gasteiger partial charge in [0.1, 0.15) is 0 Å². The predicted octanol–water partition coefficient (Wildman–Crippen LogP) is 1.77. The Morgan fingerprint density at radius 1 is 1.25 bits per heavy atom. The molecule has 0 saturated heterocycles. The number of halogens is 2. The standard InChI is InChI=1S/Ar.Cu.2HI/h;;2*1H/q;+2;;/p-2. The summed E-state index contributed by atoms with van der Waals surface area (Å²) in [6.07, 6.45) is 0. The van der Waals surface area contributed by atoms with E-state index in [9.17, 15) is 0 Å². The molecule has 4 heteroatoms. The molecule has 0 fully saturated rings. The van der Waals surface area contributed by atoms with Crippen molar-refractivity contribution in [1.29, 1.82) is 0 Å². The molecule has 0 aromatic heterocycles. The van der Waals surface area contributed by atoms with Gasteiger partial charge >= 0.3 is 49.1 Å². The van der Waals surface area contributed by atoms with Crippen molar-refractivity contribution >= 4 is 40.7 Å². The van der Waals surface area contributed by atoms with Gasteiger partial charge in [-0.05, 0) is 0 Å². The van der Waals surface area contributed by atoms with Crippen LogP contribution in [-0.4, -0.2) is 0 Å². The average Bonchev–Trinajstić information content (AvgIpc) is 0.918. The molecule has 0 aromatic rings. The number of hydrogen-bond donors (Lipinski definition) is 0. The molecular formula is ArCuI2. The van der Waals surface area contributed by atoms with E-state index in [1.165, 1.54) is 0 Å². The Kier molecular flexibility index (Phi) is 24.5. The van der Waals surface area contributed by atoms with Gasteiger partial charge in [0, 0.05) is 37.7 Å². The van der Waals surface area contributed by atoms with Crippen LogP contribution < -0.4 is 0 Å². The summed E-state index contributed by atoms with van der Waals surface area (Å²) in [5.41, 5.74) is 0. The van der Waals surface area contributed by atoms with E-state index < -0.39 is 0 Å². The molecule has 0 N–H and O–H groups in total. The zero-order chi connectivity index (χ0) is 2.71. The van der Waals surface area contributed by atoms with E-state index in [1.54, 1.807) is 8.46 Å². The van der Waals surface area contributed by atoms with E-state index in [0.717, 1.165) is 0 Å². The van der Waals surface area contributed by atoms with Crippen LogP contribution >= 0.6 is 40.7 Å². The van der Waals surface area contributed by atoms with Crippen LogP contribution in [0, 0.1) is 37.7 Å². The van der Waals surface area contributed by atoms with Gasteiger partial charge in [-0.1, -0.05) is 0 Å². The number of rotatable bonds is 0. The third kappa shape index (κ3) is 8.97. The Balaban J connectivity index is 0. The van der Waals surface area contributed by atoms with Crippen LogP contribution in [0.15, 0.2) is 0 Å². The minimum atomic E-state index is 0. The molecule has 0 radical (unpaired) electrons. The predicted molar refractivity (Wildman–Crippen MR) is 28.0 cm³/mol. The molecule has 0 spiro atoms. The Hall–Kier alpha value is 3.24. The SMILES string of the molecule is [Ar].[I][Cu][I]. The third-order valence-electron chi connectivity index (χ3n) is 0. The quantitative estimate of drug-likeness (QED) is 0.458. The molecule has 0 aliphatic carbocycles. The second kappa shape index (κ2) is 9.53. The Morgan fingerprint density at radius 2 is 1.25 bits per heavy atom. The first kappa shape index (κ1) is 10.3. The summed E-state index contributed by atoms with van der Waals surface area (Å²) in [5.74, 6) is 0. The minimum absolute atomic E-state index is 0. The normalized spacial score (nSPS) is 5.50. The van der Waals surface area contributed by atoms with Crippen LogP contribution in [0.25, 0.3) is 0 Å². The van der Waals surface area contributed by atoms with Gasteiger partial charge in [0.2, 0.25) is 0 Å². The Labute approximate surface area is 84.5 Å². The zero-order valence-corrected chi connectivity index (χ0v) is 7.37. The molecule has 0 heterocycles. The molecule has 0 unspecified atom stereocenters. The summed E-state index contributed by atoms with van der Waals surface area (Å²) in [5, 5.41) is 0. The second-order valence-corrected chi connectivity index (χ2v) is 7.99. The van der Waals surface area contributed by atoms with Crippen LogP contribution in [0.4, 0.5) is 0 Å². The van der Waals surface area contributed by atoms with Gasteiger partial charge in [-0.3, -0.25) is 0 Å². The van der Waals surface area contributed by atoms with E-state index in [-0.39, 0.29) is 37.7 Å². The van der Waals surface area contributed by atoms with Crippen molar-refractivity contribution < 1.29 is 46.2 Å². The molecule has 0 aromatic carbocycles. The fraction of sp³-hybridized carbons (Fsp3) is 0. The molecule has 0 nitrogen and oxygen atoms in total. The summed E-state index contributed by atoms with van der Waals surface area (Å²) in [6.45, 7) is 0. The molecule has 33 valence electrons. The van der Waals surface area contributed by atoms with Gasteiger partial charge in [0.15, 0.2) is 0 Å². The van der Waals surface area contributed by atoms with Gasteiger partial charge in [0.05, 0.1) is 0 Å². The molecule has 0 rings (SSSR count). The van der Waals surface area contributed by atoms with Crippen LogP contribution in [0.5, 0.6) is 0 Å². The summed E-state index contributed by atoms with van der Waals surface area (Å²) in [4.78, 5) is 0. The van der Waals surface area contributed by atoms with Crippen molar-refractivity contribution in [2.24, 2.45) is 0 Å². The van der Waals surface area contributed by atoms with Crippen LogP contribution in [0.3, 0.4) is 0 Å². The summed E-state index contributed by atoms with van der Waals surface area (Å²) < 4.78 is 0. The average molecular weight is 357 g/mol. The first-order chi connectivity index (χ1) is 1.41. The van der Waals surface area contributed by atoms with Crippen molar-refractivity contribution in [1.82, 2.24) is 0 Å². The molecule has 0 amide bonds. The molecular weight excluding hydrogens is 357 g/mol.